The first-order valence-corrected chi connectivity index (χ1v) is 2.91. The zero-order valence-corrected chi connectivity index (χ0v) is 6.62. The first-order valence-electron chi connectivity index (χ1n) is 2.91. The Morgan fingerprint density at radius 1 is 1.70 bits per heavy atom. The fraction of sp³-hybridized carbons (Fsp3) is 0.800. The molecule has 0 aliphatic carbocycles. The maximum atomic E-state index is 10.7. The summed E-state index contributed by atoms with van der Waals surface area (Å²) in [6.45, 7) is 1.30. The van der Waals surface area contributed by atoms with Gasteiger partial charge in [0.15, 0.2) is 0 Å². The van der Waals surface area contributed by atoms with E-state index in [-0.39, 0.29) is 18.3 Å². The largest absolute Gasteiger partial charge is 0.368 e. The first kappa shape index (κ1) is 9.68. The predicted molar refractivity (Wildman–Crippen MR) is 41.1 cm³/mol. The van der Waals surface area contributed by atoms with Crippen molar-refractivity contribution in [3.05, 3.63) is 0 Å². The third kappa shape index (κ3) is 1.23. The van der Waals surface area contributed by atoms with E-state index in [9.17, 15) is 4.79 Å². The molecule has 0 atom stereocenters. The Morgan fingerprint density at radius 3 is 2.20 bits per heavy atom. The van der Waals surface area contributed by atoms with Gasteiger partial charge in [-0.2, -0.15) is 0 Å². The van der Waals surface area contributed by atoms with Crippen molar-refractivity contribution in [2.24, 2.45) is 5.73 Å². The summed E-state index contributed by atoms with van der Waals surface area (Å²) in [6, 6.07) is 0. The highest BCUT2D eigenvalue weighted by Gasteiger charge is 2.40. The van der Waals surface area contributed by atoms with Crippen LogP contribution in [0.1, 0.15) is 0 Å². The van der Waals surface area contributed by atoms with Crippen LogP contribution in [0.2, 0.25) is 0 Å². The molecule has 1 aliphatic rings. The van der Waals surface area contributed by atoms with Crippen molar-refractivity contribution < 1.29 is 4.79 Å². The van der Waals surface area contributed by atoms with E-state index >= 15 is 0 Å². The average Bonchev–Trinajstić information content (AvgIpc) is 1.62. The molecule has 1 saturated heterocycles. The average molecular weight is 166 g/mol. The molecule has 1 fully saturated rings. The summed E-state index contributed by atoms with van der Waals surface area (Å²) >= 11 is 0. The quantitative estimate of drug-likeness (QED) is 0.465. The number of primary amides is 1. The van der Waals surface area contributed by atoms with E-state index in [1.54, 1.807) is 7.05 Å². The second-order valence-corrected chi connectivity index (χ2v) is 2.30. The van der Waals surface area contributed by atoms with Crippen LogP contribution in [0.5, 0.6) is 0 Å². The summed E-state index contributed by atoms with van der Waals surface area (Å²) in [6.07, 6.45) is 0. The smallest absolute Gasteiger partial charge is 0.240 e. The van der Waals surface area contributed by atoms with E-state index in [0.29, 0.717) is 13.1 Å². The zero-order chi connectivity index (χ0) is 6.91. The Kier molecular flexibility index (Phi) is 3.08. The lowest BCUT2D eigenvalue weighted by molar-refractivity contribution is -0.126. The van der Waals surface area contributed by atoms with Gasteiger partial charge in [-0.1, -0.05) is 0 Å². The number of nitrogens with one attached hydrogen (secondary N) is 2. The third-order valence-corrected chi connectivity index (χ3v) is 1.80. The highest BCUT2D eigenvalue weighted by Crippen LogP contribution is 2.07. The van der Waals surface area contributed by atoms with Crippen LogP contribution in [0, 0.1) is 0 Å². The minimum absolute atomic E-state index is 0. The second kappa shape index (κ2) is 3.18. The van der Waals surface area contributed by atoms with Gasteiger partial charge >= 0.3 is 0 Å². The molecule has 0 aromatic heterocycles. The minimum atomic E-state index is -0.458. The molecule has 10 heavy (non-hydrogen) atoms. The Balaban J connectivity index is 0.000000810. The van der Waals surface area contributed by atoms with Gasteiger partial charge < -0.3 is 16.4 Å². The Bertz CT molecular complexity index is 129. The van der Waals surface area contributed by atoms with E-state index < -0.39 is 5.54 Å². The SMILES string of the molecule is CNC1(C(N)=O)CNC1.Cl. The molecule has 60 valence electrons. The van der Waals surface area contributed by atoms with Gasteiger partial charge in [0.05, 0.1) is 0 Å². The number of carbonyl (C=O) groups excluding carboxylic acids is 1. The number of likely N-dealkylation sites (N-methyl/N-ethyl adjacent to an activating group) is 1. The molecule has 0 aromatic rings. The summed E-state index contributed by atoms with van der Waals surface area (Å²) in [7, 11) is 1.74. The number of nitrogens with two attached hydrogens (primary N) is 1. The molecule has 0 spiro atoms. The molecule has 0 radical (unpaired) electrons. The molecule has 0 unspecified atom stereocenters. The molecule has 0 bridgehead atoms. The lowest BCUT2D eigenvalue weighted by atomic mass is 9.92. The van der Waals surface area contributed by atoms with Crippen LogP contribution < -0.4 is 16.4 Å². The normalized spacial score (nSPS) is 20.5. The summed E-state index contributed by atoms with van der Waals surface area (Å²) < 4.78 is 0. The molecule has 1 heterocycles. The predicted octanol–water partition coefficient (Wildman–Crippen LogP) is -1.55. The van der Waals surface area contributed by atoms with Crippen molar-refractivity contribution in [2.75, 3.05) is 20.1 Å². The molecule has 1 rings (SSSR count). The van der Waals surface area contributed by atoms with Crippen LogP contribution in [0.15, 0.2) is 0 Å². The molecule has 0 saturated carbocycles. The van der Waals surface area contributed by atoms with Gasteiger partial charge in [0.2, 0.25) is 5.91 Å². The van der Waals surface area contributed by atoms with Gasteiger partial charge in [0, 0.05) is 13.1 Å². The summed E-state index contributed by atoms with van der Waals surface area (Å²) in [5.74, 6) is -0.274. The number of hydrogen-bond acceptors (Lipinski definition) is 3. The number of hydrogen-bond donors (Lipinski definition) is 3. The third-order valence-electron chi connectivity index (χ3n) is 1.80. The number of rotatable bonds is 2. The first-order chi connectivity index (χ1) is 4.21. The van der Waals surface area contributed by atoms with Crippen LogP contribution in [0.3, 0.4) is 0 Å². The van der Waals surface area contributed by atoms with Crippen molar-refractivity contribution in [1.82, 2.24) is 10.6 Å². The maximum absolute atomic E-state index is 10.7. The molecule has 4 N–H and O–H groups in total. The number of carbonyl (C=O) groups is 1. The topological polar surface area (TPSA) is 67.1 Å². The monoisotopic (exact) mass is 165 g/mol. The Morgan fingerprint density at radius 2 is 2.20 bits per heavy atom. The summed E-state index contributed by atoms with van der Waals surface area (Å²) in [5, 5.41) is 5.85. The fourth-order valence-corrected chi connectivity index (χ4v) is 0.849. The van der Waals surface area contributed by atoms with Crippen LogP contribution in [-0.4, -0.2) is 31.6 Å². The van der Waals surface area contributed by atoms with Crippen molar-refractivity contribution in [3.8, 4) is 0 Å². The Labute approximate surface area is 65.9 Å². The van der Waals surface area contributed by atoms with Crippen molar-refractivity contribution in [1.29, 1.82) is 0 Å². The van der Waals surface area contributed by atoms with E-state index in [1.807, 2.05) is 0 Å². The molecule has 4 nitrogen and oxygen atoms in total. The molecule has 1 amide bonds. The maximum Gasteiger partial charge on any atom is 0.240 e. The van der Waals surface area contributed by atoms with Gasteiger partial charge in [-0.3, -0.25) is 4.79 Å². The van der Waals surface area contributed by atoms with Crippen LogP contribution >= 0.6 is 12.4 Å². The van der Waals surface area contributed by atoms with Gasteiger partial charge in [0.25, 0.3) is 0 Å². The van der Waals surface area contributed by atoms with E-state index in [1.165, 1.54) is 0 Å². The zero-order valence-electron chi connectivity index (χ0n) is 5.81. The van der Waals surface area contributed by atoms with Crippen LogP contribution in [0.25, 0.3) is 0 Å². The van der Waals surface area contributed by atoms with Gasteiger partial charge in [-0.05, 0) is 7.05 Å². The van der Waals surface area contributed by atoms with Gasteiger partial charge in [0.1, 0.15) is 5.54 Å². The van der Waals surface area contributed by atoms with E-state index in [0.717, 1.165) is 0 Å². The molecule has 1 aliphatic heterocycles. The lowest BCUT2D eigenvalue weighted by Crippen LogP contribution is -2.73. The van der Waals surface area contributed by atoms with Gasteiger partial charge in [-0.25, -0.2) is 0 Å². The molecule has 0 aromatic carbocycles. The van der Waals surface area contributed by atoms with Crippen LogP contribution in [-0.2, 0) is 4.79 Å². The molecular weight excluding hydrogens is 154 g/mol. The Hall–Kier alpha value is -0.320. The van der Waals surface area contributed by atoms with Gasteiger partial charge in [-0.15, -0.1) is 12.4 Å². The summed E-state index contributed by atoms with van der Waals surface area (Å²) in [5.41, 5.74) is 4.64. The lowest BCUT2D eigenvalue weighted by Gasteiger charge is -2.39. The highest BCUT2D eigenvalue weighted by molar-refractivity contribution is 5.86. The highest BCUT2D eigenvalue weighted by atomic mass is 35.5. The fourth-order valence-electron chi connectivity index (χ4n) is 0.849. The molecular formula is C5H12ClN3O. The van der Waals surface area contributed by atoms with Crippen molar-refractivity contribution in [2.45, 2.75) is 5.54 Å². The minimum Gasteiger partial charge on any atom is -0.368 e. The van der Waals surface area contributed by atoms with Crippen molar-refractivity contribution >= 4 is 18.3 Å². The molecule has 5 heteroatoms. The van der Waals surface area contributed by atoms with E-state index in [4.69, 9.17) is 5.73 Å². The second-order valence-electron chi connectivity index (χ2n) is 2.30. The van der Waals surface area contributed by atoms with E-state index in [2.05, 4.69) is 10.6 Å². The number of halogens is 1. The number of amides is 1. The summed E-state index contributed by atoms with van der Waals surface area (Å²) in [4.78, 5) is 10.7. The standard InChI is InChI=1S/C5H11N3O.ClH/c1-7-5(4(6)9)2-8-3-5;/h7-8H,2-3H2,1H3,(H2,6,9);1H. The van der Waals surface area contributed by atoms with Crippen molar-refractivity contribution in [3.63, 3.8) is 0 Å². The van der Waals surface area contributed by atoms with Crippen LogP contribution in [0.4, 0.5) is 0 Å².